The van der Waals surface area contributed by atoms with Crippen LogP contribution in [0.15, 0.2) is 71.6 Å². The van der Waals surface area contributed by atoms with E-state index in [2.05, 4.69) is 84.9 Å². The van der Waals surface area contributed by atoms with Crippen LogP contribution in [0.3, 0.4) is 0 Å². The van der Waals surface area contributed by atoms with Gasteiger partial charge in [0.2, 0.25) is 0 Å². The SMILES string of the molecule is CCc1cccc(-c2ccc3c(c2)N(Sc2cccc(C)c2)CCC3)c1. The highest BCUT2D eigenvalue weighted by Crippen LogP contribution is 2.38. The Bertz CT molecular complexity index is 916. The zero-order chi connectivity index (χ0) is 17.9. The molecule has 1 heterocycles. The van der Waals surface area contributed by atoms with Crippen molar-refractivity contribution in [3.05, 3.63) is 83.4 Å². The molecule has 0 saturated heterocycles. The van der Waals surface area contributed by atoms with Crippen LogP contribution in [0.1, 0.15) is 30.0 Å². The lowest BCUT2D eigenvalue weighted by Crippen LogP contribution is -2.22. The number of hydrogen-bond donors (Lipinski definition) is 0. The molecule has 0 aliphatic carbocycles. The van der Waals surface area contributed by atoms with Crippen molar-refractivity contribution >= 4 is 17.6 Å². The zero-order valence-corrected chi connectivity index (χ0v) is 16.4. The smallest absolute Gasteiger partial charge is 0.0511 e. The Kier molecular flexibility index (Phi) is 5.03. The van der Waals surface area contributed by atoms with E-state index in [1.807, 2.05) is 11.9 Å². The van der Waals surface area contributed by atoms with Gasteiger partial charge in [-0.2, -0.15) is 0 Å². The fourth-order valence-electron chi connectivity index (χ4n) is 3.59. The van der Waals surface area contributed by atoms with E-state index in [4.69, 9.17) is 0 Å². The first-order valence-electron chi connectivity index (χ1n) is 9.47. The largest absolute Gasteiger partial charge is 0.312 e. The van der Waals surface area contributed by atoms with Crippen molar-refractivity contribution in [2.24, 2.45) is 0 Å². The minimum Gasteiger partial charge on any atom is -0.312 e. The molecule has 3 aromatic carbocycles. The molecule has 2 heteroatoms. The van der Waals surface area contributed by atoms with Crippen LogP contribution in [-0.4, -0.2) is 6.54 Å². The summed E-state index contributed by atoms with van der Waals surface area (Å²) in [6.45, 7) is 5.48. The highest BCUT2D eigenvalue weighted by atomic mass is 32.2. The number of aryl methyl sites for hydroxylation is 3. The molecular weight excluding hydrogens is 334 g/mol. The Morgan fingerprint density at radius 3 is 2.62 bits per heavy atom. The van der Waals surface area contributed by atoms with E-state index in [0.717, 1.165) is 13.0 Å². The maximum atomic E-state index is 2.47. The molecule has 1 aliphatic rings. The highest BCUT2D eigenvalue weighted by molar-refractivity contribution is 8.00. The molecule has 4 rings (SSSR count). The van der Waals surface area contributed by atoms with E-state index in [1.54, 1.807) is 0 Å². The third-order valence-electron chi connectivity index (χ3n) is 5.04. The summed E-state index contributed by atoms with van der Waals surface area (Å²) in [6, 6.07) is 24.7. The Hall–Kier alpha value is -2.19. The summed E-state index contributed by atoms with van der Waals surface area (Å²) in [6.07, 6.45) is 3.47. The topological polar surface area (TPSA) is 3.24 Å². The van der Waals surface area contributed by atoms with Gasteiger partial charge in [-0.05, 0) is 84.2 Å². The van der Waals surface area contributed by atoms with Gasteiger partial charge in [-0.25, -0.2) is 0 Å². The highest BCUT2D eigenvalue weighted by Gasteiger charge is 2.19. The van der Waals surface area contributed by atoms with Crippen molar-refractivity contribution in [2.75, 3.05) is 10.8 Å². The van der Waals surface area contributed by atoms with E-state index < -0.39 is 0 Å². The van der Waals surface area contributed by atoms with Crippen molar-refractivity contribution in [1.82, 2.24) is 0 Å². The minimum absolute atomic E-state index is 1.08. The van der Waals surface area contributed by atoms with Crippen LogP contribution in [0.2, 0.25) is 0 Å². The average Bonchev–Trinajstić information content (AvgIpc) is 2.68. The van der Waals surface area contributed by atoms with Gasteiger partial charge < -0.3 is 4.31 Å². The fourth-order valence-corrected chi connectivity index (χ4v) is 4.71. The van der Waals surface area contributed by atoms with Gasteiger partial charge in [0.1, 0.15) is 0 Å². The number of fused-ring (bicyclic) bond motifs is 1. The second-order valence-corrected chi connectivity index (χ2v) is 8.11. The van der Waals surface area contributed by atoms with Gasteiger partial charge in [0.05, 0.1) is 5.69 Å². The fraction of sp³-hybridized carbons (Fsp3) is 0.250. The second kappa shape index (κ2) is 7.59. The molecule has 0 fully saturated rings. The molecule has 1 aliphatic heterocycles. The van der Waals surface area contributed by atoms with Crippen LogP contribution in [0, 0.1) is 6.92 Å². The normalized spacial score (nSPS) is 13.5. The zero-order valence-electron chi connectivity index (χ0n) is 15.5. The summed E-state index contributed by atoms with van der Waals surface area (Å²) in [5.41, 5.74) is 8.19. The second-order valence-electron chi connectivity index (χ2n) is 7.01. The van der Waals surface area contributed by atoms with Crippen molar-refractivity contribution in [3.8, 4) is 11.1 Å². The van der Waals surface area contributed by atoms with Crippen LogP contribution in [0.4, 0.5) is 5.69 Å². The maximum absolute atomic E-state index is 2.47. The standard InChI is InChI=1S/C24H25NS/c1-3-19-8-5-9-21(16-19)22-13-12-20-10-6-14-25(24(20)17-22)26-23-11-4-7-18(2)15-23/h4-5,7-9,11-13,15-17H,3,6,10,14H2,1-2H3. The Labute approximate surface area is 161 Å². The monoisotopic (exact) mass is 359 g/mol. The average molecular weight is 360 g/mol. The molecule has 1 nitrogen and oxygen atoms in total. The number of benzene rings is 3. The minimum atomic E-state index is 1.08. The molecule has 0 amide bonds. The predicted octanol–water partition coefficient (Wildman–Crippen LogP) is 6.68. The van der Waals surface area contributed by atoms with Crippen LogP contribution >= 0.6 is 11.9 Å². The molecule has 0 spiro atoms. The third-order valence-corrected chi connectivity index (χ3v) is 6.10. The first-order chi connectivity index (χ1) is 12.7. The lowest BCUT2D eigenvalue weighted by molar-refractivity contribution is 0.795. The van der Waals surface area contributed by atoms with Crippen LogP contribution < -0.4 is 4.31 Å². The first kappa shape index (κ1) is 17.2. The van der Waals surface area contributed by atoms with Crippen molar-refractivity contribution < 1.29 is 0 Å². The lowest BCUT2D eigenvalue weighted by Gasteiger charge is -2.30. The Morgan fingerprint density at radius 2 is 1.77 bits per heavy atom. The van der Waals surface area contributed by atoms with Gasteiger partial charge in [-0.3, -0.25) is 0 Å². The van der Waals surface area contributed by atoms with Crippen molar-refractivity contribution in [1.29, 1.82) is 0 Å². The van der Waals surface area contributed by atoms with Gasteiger partial charge in [0.25, 0.3) is 0 Å². The van der Waals surface area contributed by atoms with Gasteiger partial charge in [0, 0.05) is 11.4 Å². The van der Waals surface area contributed by atoms with Gasteiger partial charge >= 0.3 is 0 Å². The molecule has 132 valence electrons. The quantitative estimate of drug-likeness (QED) is 0.478. The Balaban J connectivity index is 1.68. The van der Waals surface area contributed by atoms with Gasteiger partial charge in [-0.15, -0.1) is 0 Å². The number of nitrogens with zero attached hydrogens (tertiary/aromatic N) is 1. The third kappa shape index (κ3) is 3.66. The summed E-state index contributed by atoms with van der Waals surface area (Å²) in [7, 11) is 0. The number of hydrogen-bond acceptors (Lipinski definition) is 2. The summed E-state index contributed by atoms with van der Waals surface area (Å²) in [4.78, 5) is 1.32. The number of anilines is 1. The van der Waals surface area contributed by atoms with E-state index in [1.165, 1.54) is 51.2 Å². The maximum Gasteiger partial charge on any atom is 0.0511 e. The lowest BCUT2D eigenvalue weighted by atomic mass is 9.97. The predicted molar refractivity (Wildman–Crippen MR) is 114 cm³/mol. The molecule has 0 saturated carbocycles. The van der Waals surface area contributed by atoms with Crippen LogP contribution in [0.25, 0.3) is 11.1 Å². The summed E-state index contributed by atoms with van der Waals surface area (Å²) >= 11 is 1.87. The van der Waals surface area contributed by atoms with Crippen LogP contribution in [0.5, 0.6) is 0 Å². The molecular formula is C24H25NS. The van der Waals surface area contributed by atoms with E-state index in [-0.39, 0.29) is 0 Å². The van der Waals surface area contributed by atoms with E-state index >= 15 is 0 Å². The summed E-state index contributed by atoms with van der Waals surface area (Å²) in [5.74, 6) is 0. The molecule has 0 radical (unpaired) electrons. The van der Waals surface area contributed by atoms with Crippen molar-refractivity contribution in [3.63, 3.8) is 0 Å². The van der Waals surface area contributed by atoms with E-state index in [9.17, 15) is 0 Å². The molecule has 0 atom stereocenters. The molecule has 3 aromatic rings. The summed E-state index contributed by atoms with van der Waals surface area (Å²) < 4.78 is 2.47. The summed E-state index contributed by atoms with van der Waals surface area (Å²) in [5, 5.41) is 0. The molecule has 0 unspecified atom stereocenters. The molecule has 0 N–H and O–H groups in total. The molecule has 0 bridgehead atoms. The van der Waals surface area contributed by atoms with Gasteiger partial charge in [-0.1, -0.05) is 55.5 Å². The van der Waals surface area contributed by atoms with Crippen LogP contribution in [-0.2, 0) is 12.8 Å². The van der Waals surface area contributed by atoms with Gasteiger partial charge in [0.15, 0.2) is 0 Å². The van der Waals surface area contributed by atoms with Crippen molar-refractivity contribution in [2.45, 2.75) is 38.0 Å². The molecule has 0 aromatic heterocycles. The first-order valence-corrected chi connectivity index (χ1v) is 10.2. The molecule has 26 heavy (non-hydrogen) atoms. The number of rotatable bonds is 4. The Morgan fingerprint density at radius 1 is 0.923 bits per heavy atom. The van der Waals surface area contributed by atoms with E-state index in [0.29, 0.717) is 0 Å².